The lowest BCUT2D eigenvalue weighted by Crippen LogP contribution is -2.33. The molecule has 0 saturated heterocycles. The van der Waals surface area contributed by atoms with Crippen LogP contribution in [0.2, 0.25) is 0 Å². The van der Waals surface area contributed by atoms with Crippen molar-refractivity contribution in [3.63, 3.8) is 0 Å². The van der Waals surface area contributed by atoms with Crippen LogP contribution in [-0.4, -0.2) is 22.0 Å². The van der Waals surface area contributed by atoms with E-state index in [4.69, 9.17) is 5.73 Å². The smallest absolute Gasteiger partial charge is 0.324 e. The zero-order chi connectivity index (χ0) is 16.8. The van der Waals surface area contributed by atoms with E-state index in [2.05, 4.69) is 0 Å². The molecule has 6 nitrogen and oxygen atoms in total. The van der Waals surface area contributed by atoms with Gasteiger partial charge < -0.3 is 10.8 Å². The van der Waals surface area contributed by atoms with E-state index in [0.717, 1.165) is 11.1 Å². The molecule has 1 atom stereocenters. The molecule has 2 aromatic carbocycles. The van der Waals surface area contributed by atoms with Gasteiger partial charge in [0, 0.05) is 12.1 Å². The Kier molecular flexibility index (Phi) is 5.22. The first-order chi connectivity index (χ1) is 11.0. The van der Waals surface area contributed by atoms with Crippen LogP contribution in [0, 0.1) is 10.1 Å². The third kappa shape index (κ3) is 4.49. The second-order valence-electron chi connectivity index (χ2n) is 5.05. The van der Waals surface area contributed by atoms with E-state index in [0.29, 0.717) is 12.0 Å². The first kappa shape index (κ1) is 16.4. The van der Waals surface area contributed by atoms with Crippen LogP contribution < -0.4 is 5.73 Å². The minimum atomic E-state index is -1.13. The average molecular weight is 312 g/mol. The second-order valence-corrected chi connectivity index (χ2v) is 5.05. The van der Waals surface area contributed by atoms with Crippen molar-refractivity contribution >= 4 is 17.7 Å². The first-order valence-corrected chi connectivity index (χ1v) is 6.94. The normalized spacial score (nSPS) is 12.7. The molecule has 3 N–H and O–H groups in total. The maximum absolute atomic E-state index is 11.2. The maximum atomic E-state index is 11.2. The Morgan fingerprint density at radius 2 is 1.78 bits per heavy atom. The lowest BCUT2D eigenvalue weighted by molar-refractivity contribution is -0.384. The Balaban J connectivity index is 2.29. The number of benzene rings is 2. The third-order valence-corrected chi connectivity index (χ3v) is 3.37. The number of carbonyl (C=O) groups is 1. The van der Waals surface area contributed by atoms with Gasteiger partial charge in [0.2, 0.25) is 0 Å². The SMILES string of the molecule is NC(C(=O)O)C(=Cc1ccccc1)Cc1ccc([N+](=O)[O-])cc1. The molecule has 0 aromatic heterocycles. The number of carboxylic acid groups (broad SMARTS) is 1. The standard InChI is InChI=1S/C17H16N2O4/c18-16(17(20)21)14(10-12-4-2-1-3-5-12)11-13-6-8-15(9-7-13)19(22)23/h1-10,16H,11,18H2,(H,20,21). The summed E-state index contributed by atoms with van der Waals surface area (Å²) in [4.78, 5) is 21.4. The van der Waals surface area contributed by atoms with Crippen LogP contribution in [0.5, 0.6) is 0 Å². The summed E-state index contributed by atoms with van der Waals surface area (Å²) in [6, 6.07) is 14.1. The number of hydrogen-bond donors (Lipinski definition) is 2. The average Bonchev–Trinajstić information content (AvgIpc) is 2.55. The zero-order valence-electron chi connectivity index (χ0n) is 12.3. The van der Waals surface area contributed by atoms with Crippen molar-refractivity contribution in [1.29, 1.82) is 0 Å². The molecule has 0 aliphatic heterocycles. The highest BCUT2D eigenvalue weighted by molar-refractivity contribution is 5.79. The first-order valence-electron chi connectivity index (χ1n) is 6.94. The van der Waals surface area contributed by atoms with Crippen LogP contribution in [0.1, 0.15) is 11.1 Å². The number of rotatable bonds is 6. The largest absolute Gasteiger partial charge is 0.480 e. The van der Waals surface area contributed by atoms with Crippen LogP contribution in [0.3, 0.4) is 0 Å². The van der Waals surface area contributed by atoms with Crippen LogP contribution in [-0.2, 0) is 11.2 Å². The van der Waals surface area contributed by atoms with Crippen LogP contribution in [0.15, 0.2) is 60.2 Å². The Morgan fingerprint density at radius 3 is 2.30 bits per heavy atom. The predicted octanol–water partition coefficient (Wildman–Crippen LogP) is 2.63. The van der Waals surface area contributed by atoms with Crippen molar-refractivity contribution in [2.75, 3.05) is 0 Å². The van der Waals surface area contributed by atoms with E-state index in [9.17, 15) is 20.0 Å². The topological polar surface area (TPSA) is 106 Å². The van der Waals surface area contributed by atoms with Gasteiger partial charge in [-0.05, 0) is 23.1 Å². The molecule has 118 valence electrons. The minimum absolute atomic E-state index is 0.00938. The summed E-state index contributed by atoms with van der Waals surface area (Å²) >= 11 is 0. The highest BCUT2D eigenvalue weighted by Gasteiger charge is 2.18. The maximum Gasteiger partial charge on any atom is 0.324 e. The lowest BCUT2D eigenvalue weighted by Gasteiger charge is -2.12. The fraction of sp³-hybridized carbons (Fsp3) is 0.118. The number of nitrogens with zero attached hydrogens (tertiary/aromatic N) is 1. The third-order valence-electron chi connectivity index (χ3n) is 3.37. The Bertz CT molecular complexity index is 724. The molecular formula is C17H16N2O4. The molecule has 0 spiro atoms. The number of carboxylic acids is 1. The highest BCUT2D eigenvalue weighted by Crippen LogP contribution is 2.18. The van der Waals surface area contributed by atoms with Crippen LogP contribution >= 0.6 is 0 Å². The van der Waals surface area contributed by atoms with Gasteiger partial charge in [-0.1, -0.05) is 48.5 Å². The molecule has 2 aromatic rings. The molecule has 2 rings (SSSR count). The van der Waals surface area contributed by atoms with Crippen molar-refractivity contribution in [3.05, 3.63) is 81.4 Å². The van der Waals surface area contributed by atoms with E-state index in [-0.39, 0.29) is 5.69 Å². The fourth-order valence-corrected chi connectivity index (χ4v) is 2.14. The van der Waals surface area contributed by atoms with Gasteiger partial charge in [-0.25, -0.2) is 0 Å². The second kappa shape index (κ2) is 7.33. The van der Waals surface area contributed by atoms with Gasteiger partial charge in [-0.2, -0.15) is 0 Å². The van der Waals surface area contributed by atoms with E-state index in [1.54, 1.807) is 18.2 Å². The van der Waals surface area contributed by atoms with Gasteiger partial charge in [0.15, 0.2) is 0 Å². The van der Waals surface area contributed by atoms with Gasteiger partial charge in [0.25, 0.3) is 5.69 Å². The predicted molar refractivity (Wildman–Crippen MR) is 86.8 cm³/mol. The van der Waals surface area contributed by atoms with Crippen molar-refractivity contribution < 1.29 is 14.8 Å². The number of hydrogen-bond acceptors (Lipinski definition) is 4. The summed E-state index contributed by atoms with van der Waals surface area (Å²) in [5.74, 6) is -1.12. The molecule has 0 heterocycles. The molecule has 0 amide bonds. The summed E-state index contributed by atoms with van der Waals surface area (Å²) in [5.41, 5.74) is 7.88. The molecular weight excluding hydrogens is 296 g/mol. The fourth-order valence-electron chi connectivity index (χ4n) is 2.14. The Hall–Kier alpha value is -2.99. The number of non-ortho nitro benzene ring substituents is 1. The highest BCUT2D eigenvalue weighted by atomic mass is 16.6. The molecule has 23 heavy (non-hydrogen) atoms. The van der Waals surface area contributed by atoms with Crippen molar-refractivity contribution in [3.8, 4) is 0 Å². The Morgan fingerprint density at radius 1 is 1.17 bits per heavy atom. The molecule has 0 radical (unpaired) electrons. The molecule has 0 saturated carbocycles. The zero-order valence-corrected chi connectivity index (χ0v) is 12.3. The number of nitro groups is 1. The van der Waals surface area contributed by atoms with E-state index >= 15 is 0 Å². The lowest BCUT2D eigenvalue weighted by atomic mass is 9.96. The van der Waals surface area contributed by atoms with Gasteiger partial charge in [0.05, 0.1) is 4.92 Å². The van der Waals surface area contributed by atoms with Crippen LogP contribution in [0.25, 0.3) is 6.08 Å². The summed E-state index contributed by atoms with van der Waals surface area (Å²) in [5, 5.41) is 19.8. The van der Waals surface area contributed by atoms with Crippen LogP contribution in [0.4, 0.5) is 5.69 Å². The van der Waals surface area contributed by atoms with E-state index in [1.807, 2.05) is 30.3 Å². The summed E-state index contributed by atoms with van der Waals surface area (Å²) < 4.78 is 0. The quantitative estimate of drug-likeness (QED) is 0.630. The molecule has 0 fully saturated rings. The van der Waals surface area contributed by atoms with E-state index in [1.165, 1.54) is 12.1 Å². The van der Waals surface area contributed by atoms with Gasteiger partial charge in [-0.3, -0.25) is 14.9 Å². The van der Waals surface area contributed by atoms with E-state index < -0.39 is 16.9 Å². The number of nitro benzene ring substituents is 1. The summed E-state index contributed by atoms with van der Waals surface area (Å²) in [6.07, 6.45) is 2.04. The van der Waals surface area contributed by atoms with Gasteiger partial charge in [0.1, 0.15) is 6.04 Å². The molecule has 1 unspecified atom stereocenters. The molecule has 0 bridgehead atoms. The number of nitrogens with two attached hydrogens (primary N) is 1. The van der Waals surface area contributed by atoms with Crippen molar-refractivity contribution in [1.82, 2.24) is 0 Å². The van der Waals surface area contributed by atoms with Crippen molar-refractivity contribution in [2.45, 2.75) is 12.5 Å². The minimum Gasteiger partial charge on any atom is -0.480 e. The number of aliphatic carboxylic acids is 1. The molecule has 0 aliphatic carbocycles. The molecule has 0 aliphatic rings. The van der Waals surface area contributed by atoms with Gasteiger partial charge in [-0.15, -0.1) is 0 Å². The summed E-state index contributed by atoms with van der Waals surface area (Å²) in [6.45, 7) is 0. The van der Waals surface area contributed by atoms with Gasteiger partial charge >= 0.3 is 5.97 Å². The molecule has 6 heteroatoms. The monoisotopic (exact) mass is 312 g/mol. The Labute approximate surface area is 133 Å². The summed E-state index contributed by atoms with van der Waals surface area (Å²) in [7, 11) is 0. The van der Waals surface area contributed by atoms with Crippen molar-refractivity contribution in [2.24, 2.45) is 5.73 Å².